The average Bonchev–Trinajstić information content (AvgIpc) is 3.17. The molecule has 1 aromatic heterocycles. The first-order chi connectivity index (χ1) is 11.6. The van der Waals surface area contributed by atoms with E-state index in [0.29, 0.717) is 36.6 Å². The van der Waals surface area contributed by atoms with E-state index in [0.717, 1.165) is 11.3 Å². The number of amides is 3. The van der Waals surface area contributed by atoms with Gasteiger partial charge in [0, 0.05) is 17.7 Å². The number of nitriles is 1. The van der Waals surface area contributed by atoms with Crippen LogP contribution >= 0.6 is 0 Å². The van der Waals surface area contributed by atoms with Crippen LogP contribution < -0.4 is 10.6 Å². The second kappa shape index (κ2) is 6.42. The predicted octanol–water partition coefficient (Wildman–Crippen LogP) is 1.58. The molecule has 2 heterocycles. The van der Waals surface area contributed by atoms with Crippen molar-refractivity contribution in [3.8, 4) is 6.07 Å². The number of benzene rings is 1. The highest BCUT2D eigenvalue weighted by Gasteiger charge is 2.28. The fourth-order valence-electron chi connectivity index (χ4n) is 2.52. The van der Waals surface area contributed by atoms with Gasteiger partial charge in [-0.15, -0.1) is 0 Å². The number of nitrogens with one attached hydrogen (secondary N) is 3. The normalized spacial score (nSPS) is 12.4. The number of urea groups is 1. The van der Waals surface area contributed by atoms with Crippen molar-refractivity contribution in [2.45, 2.75) is 20.0 Å². The van der Waals surface area contributed by atoms with Gasteiger partial charge in [-0.3, -0.25) is 9.89 Å². The minimum Gasteiger partial charge on any atom is -0.338 e. The summed E-state index contributed by atoms with van der Waals surface area (Å²) < 4.78 is 0. The fraction of sp³-hybridized carbons (Fsp3) is 0.250. The third-order valence-corrected chi connectivity index (χ3v) is 3.77. The number of fused-ring (bicyclic) bond motifs is 1. The minimum atomic E-state index is -0.303. The summed E-state index contributed by atoms with van der Waals surface area (Å²) in [6, 6.07) is 8.20. The third kappa shape index (κ3) is 2.92. The molecule has 2 aromatic rings. The van der Waals surface area contributed by atoms with Crippen LogP contribution in [0.2, 0.25) is 0 Å². The van der Waals surface area contributed by atoms with Crippen LogP contribution in [0.5, 0.6) is 0 Å². The molecule has 122 valence electrons. The van der Waals surface area contributed by atoms with Crippen LogP contribution in [-0.4, -0.2) is 33.6 Å². The summed E-state index contributed by atoms with van der Waals surface area (Å²) in [7, 11) is 0. The largest absolute Gasteiger partial charge is 0.338 e. The number of carbonyl (C=O) groups is 2. The second-order valence-corrected chi connectivity index (χ2v) is 5.36. The Bertz CT molecular complexity index is 818. The molecule has 24 heavy (non-hydrogen) atoms. The second-order valence-electron chi connectivity index (χ2n) is 5.36. The van der Waals surface area contributed by atoms with Gasteiger partial charge in [0.15, 0.2) is 0 Å². The lowest BCUT2D eigenvalue weighted by Gasteiger charge is -2.15. The standard InChI is InChI=1S/C16H16N6O2/c1-2-18-16(24)22-8-12-13(9-22)20-21-14(12)19-15(23)11-5-3-10(7-17)4-6-11/h3-6H,2,8-9H2,1H3,(H,18,24)(H2,19,20,21,23). The highest BCUT2D eigenvalue weighted by molar-refractivity contribution is 6.04. The summed E-state index contributed by atoms with van der Waals surface area (Å²) in [6.45, 7) is 3.21. The lowest BCUT2D eigenvalue weighted by molar-refractivity contribution is 0.102. The zero-order valence-corrected chi connectivity index (χ0v) is 13.1. The van der Waals surface area contributed by atoms with E-state index in [1.165, 1.54) is 0 Å². The van der Waals surface area contributed by atoms with Crippen molar-refractivity contribution < 1.29 is 9.59 Å². The van der Waals surface area contributed by atoms with E-state index in [1.54, 1.807) is 29.2 Å². The van der Waals surface area contributed by atoms with Crippen molar-refractivity contribution in [2.75, 3.05) is 11.9 Å². The molecular formula is C16H16N6O2. The van der Waals surface area contributed by atoms with E-state index in [9.17, 15) is 9.59 Å². The Morgan fingerprint density at radius 1 is 1.33 bits per heavy atom. The highest BCUT2D eigenvalue weighted by atomic mass is 16.2. The minimum absolute atomic E-state index is 0.153. The maximum absolute atomic E-state index is 12.3. The van der Waals surface area contributed by atoms with Gasteiger partial charge in [-0.25, -0.2) is 4.79 Å². The maximum atomic E-state index is 12.3. The van der Waals surface area contributed by atoms with E-state index in [2.05, 4.69) is 20.8 Å². The molecule has 8 heteroatoms. The van der Waals surface area contributed by atoms with Crippen molar-refractivity contribution in [3.63, 3.8) is 0 Å². The van der Waals surface area contributed by atoms with Crippen molar-refractivity contribution >= 4 is 17.8 Å². The Morgan fingerprint density at radius 2 is 2.08 bits per heavy atom. The van der Waals surface area contributed by atoms with Gasteiger partial charge < -0.3 is 15.5 Å². The van der Waals surface area contributed by atoms with E-state index in [4.69, 9.17) is 5.26 Å². The molecule has 3 N–H and O–H groups in total. The topological polar surface area (TPSA) is 114 Å². The third-order valence-electron chi connectivity index (χ3n) is 3.77. The van der Waals surface area contributed by atoms with Gasteiger partial charge in [-0.05, 0) is 31.2 Å². The summed E-state index contributed by atoms with van der Waals surface area (Å²) >= 11 is 0. The van der Waals surface area contributed by atoms with E-state index in [-0.39, 0.29) is 11.9 Å². The van der Waals surface area contributed by atoms with Crippen LogP contribution in [-0.2, 0) is 13.1 Å². The Kier molecular flexibility index (Phi) is 4.16. The number of nitrogens with zero attached hydrogens (tertiary/aromatic N) is 3. The first kappa shape index (κ1) is 15.6. The Balaban J connectivity index is 1.71. The van der Waals surface area contributed by atoms with Crippen molar-refractivity contribution in [1.82, 2.24) is 20.4 Å². The molecule has 0 saturated heterocycles. The molecule has 3 amide bonds. The van der Waals surface area contributed by atoms with Gasteiger partial charge in [0.05, 0.1) is 30.4 Å². The van der Waals surface area contributed by atoms with Crippen LogP contribution in [0.25, 0.3) is 0 Å². The predicted molar refractivity (Wildman–Crippen MR) is 86.0 cm³/mol. The lowest BCUT2D eigenvalue weighted by Crippen LogP contribution is -2.36. The smallest absolute Gasteiger partial charge is 0.318 e. The Hall–Kier alpha value is -3.34. The molecule has 0 atom stereocenters. The molecule has 0 spiro atoms. The van der Waals surface area contributed by atoms with Crippen molar-refractivity contribution in [2.24, 2.45) is 0 Å². The van der Waals surface area contributed by atoms with Gasteiger partial charge in [-0.1, -0.05) is 0 Å². The lowest BCUT2D eigenvalue weighted by atomic mass is 10.1. The summed E-state index contributed by atoms with van der Waals surface area (Å²) in [6.07, 6.45) is 0. The van der Waals surface area contributed by atoms with Crippen molar-refractivity contribution in [3.05, 3.63) is 46.6 Å². The number of aromatic nitrogens is 2. The quantitative estimate of drug-likeness (QED) is 0.795. The Morgan fingerprint density at radius 3 is 2.75 bits per heavy atom. The summed E-state index contributed by atoms with van der Waals surface area (Å²) in [5, 5.41) is 21.3. The van der Waals surface area contributed by atoms with Gasteiger partial charge >= 0.3 is 6.03 Å². The van der Waals surface area contributed by atoms with Crippen LogP contribution in [0.15, 0.2) is 24.3 Å². The molecule has 0 radical (unpaired) electrons. The van der Waals surface area contributed by atoms with E-state index < -0.39 is 0 Å². The number of hydrogen-bond donors (Lipinski definition) is 3. The average molecular weight is 324 g/mol. The SMILES string of the molecule is CCNC(=O)N1Cc2n[nH]c(NC(=O)c3ccc(C#N)cc3)c2C1. The molecule has 8 nitrogen and oxygen atoms in total. The molecule has 0 unspecified atom stereocenters. The molecule has 1 aromatic carbocycles. The fourth-order valence-corrected chi connectivity index (χ4v) is 2.52. The monoisotopic (exact) mass is 324 g/mol. The molecule has 0 saturated carbocycles. The van der Waals surface area contributed by atoms with Crippen LogP contribution in [0.1, 0.15) is 34.1 Å². The molecule has 1 aliphatic heterocycles. The number of aromatic amines is 1. The molecular weight excluding hydrogens is 308 g/mol. The van der Waals surface area contributed by atoms with E-state index in [1.807, 2.05) is 13.0 Å². The van der Waals surface area contributed by atoms with Gasteiger partial charge in [0.2, 0.25) is 0 Å². The number of rotatable bonds is 3. The molecule has 3 rings (SSSR count). The summed E-state index contributed by atoms with van der Waals surface area (Å²) in [5.74, 6) is 0.188. The molecule has 0 fully saturated rings. The Labute approximate surface area is 138 Å². The van der Waals surface area contributed by atoms with Gasteiger partial charge in [-0.2, -0.15) is 10.4 Å². The molecule has 0 aliphatic carbocycles. The first-order valence-electron chi connectivity index (χ1n) is 7.52. The number of H-pyrrole nitrogens is 1. The summed E-state index contributed by atoms with van der Waals surface area (Å²) in [4.78, 5) is 25.8. The highest BCUT2D eigenvalue weighted by Crippen LogP contribution is 2.27. The summed E-state index contributed by atoms with van der Waals surface area (Å²) in [5.41, 5.74) is 2.49. The van der Waals surface area contributed by atoms with Crippen LogP contribution in [0.4, 0.5) is 10.6 Å². The van der Waals surface area contributed by atoms with Gasteiger partial charge in [0.1, 0.15) is 5.82 Å². The van der Waals surface area contributed by atoms with Crippen LogP contribution in [0.3, 0.4) is 0 Å². The first-order valence-corrected chi connectivity index (χ1v) is 7.52. The maximum Gasteiger partial charge on any atom is 0.318 e. The van der Waals surface area contributed by atoms with Crippen molar-refractivity contribution in [1.29, 1.82) is 5.26 Å². The van der Waals surface area contributed by atoms with Crippen LogP contribution in [0, 0.1) is 11.3 Å². The zero-order chi connectivity index (χ0) is 17.1. The van der Waals surface area contributed by atoms with Gasteiger partial charge in [0.25, 0.3) is 5.91 Å². The number of hydrogen-bond acceptors (Lipinski definition) is 4. The van der Waals surface area contributed by atoms with E-state index >= 15 is 0 Å². The molecule has 0 bridgehead atoms. The number of anilines is 1. The zero-order valence-electron chi connectivity index (χ0n) is 13.1. The number of carbonyl (C=O) groups excluding carboxylic acids is 2. The molecule has 1 aliphatic rings.